The molecule has 1 amide bonds. The van der Waals surface area contributed by atoms with Crippen molar-refractivity contribution in [2.45, 2.75) is 0 Å². The molecule has 0 aliphatic rings. The molecule has 1 heterocycles. The number of hydrogen-bond acceptors (Lipinski definition) is 5. The standard InChI is InChI=1S/C19H18N4O2/c1-23(2)19-20-12-15(13-21-19)22-18(24)14-8-10-17(11-9-14)25-16-6-4-3-5-7-16/h3-13H,1-2H3,(H,22,24). The van der Waals surface area contributed by atoms with Crippen LogP contribution in [0.25, 0.3) is 0 Å². The first-order valence-electron chi connectivity index (χ1n) is 7.75. The van der Waals surface area contributed by atoms with Crippen LogP contribution in [0.15, 0.2) is 67.0 Å². The molecular formula is C19H18N4O2. The van der Waals surface area contributed by atoms with E-state index in [0.717, 1.165) is 5.75 Å². The van der Waals surface area contributed by atoms with Crippen LogP contribution in [0, 0.1) is 0 Å². The minimum absolute atomic E-state index is 0.229. The molecule has 1 N–H and O–H groups in total. The normalized spacial score (nSPS) is 10.2. The van der Waals surface area contributed by atoms with Crippen molar-refractivity contribution in [1.82, 2.24) is 9.97 Å². The van der Waals surface area contributed by atoms with Crippen LogP contribution in [0.5, 0.6) is 11.5 Å². The molecule has 0 aliphatic heterocycles. The third-order valence-corrected chi connectivity index (χ3v) is 3.39. The third kappa shape index (κ3) is 4.32. The molecule has 25 heavy (non-hydrogen) atoms. The lowest BCUT2D eigenvalue weighted by molar-refractivity contribution is 0.102. The molecule has 0 fully saturated rings. The van der Waals surface area contributed by atoms with E-state index in [1.54, 1.807) is 41.6 Å². The molecule has 6 heteroatoms. The fourth-order valence-electron chi connectivity index (χ4n) is 2.12. The van der Waals surface area contributed by atoms with Crippen molar-refractivity contribution < 1.29 is 9.53 Å². The molecule has 1 aromatic heterocycles. The molecule has 0 radical (unpaired) electrons. The zero-order chi connectivity index (χ0) is 17.6. The predicted octanol–water partition coefficient (Wildman–Crippen LogP) is 3.59. The van der Waals surface area contributed by atoms with Gasteiger partial charge in [-0.15, -0.1) is 0 Å². The van der Waals surface area contributed by atoms with Crippen LogP contribution in [-0.4, -0.2) is 30.0 Å². The highest BCUT2D eigenvalue weighted by molar-refractivity contribution is 6.04. The van der Waals surface area contributed by atoms with Gasteiger partial charge in [-0.25, -0.2) is 9.97 Å². The second-order valence-corrected chi connectivity index (χ2v) is 5.56. The van der Waals surface area contributed by atoms with Gasteiger partial charge in [-0.2, -0.15) is 0 Å². The Morgan fingerprint density at radius 1 is 0.920 bits per heavy atom. The number of carbonyl (C=O) groups is 1. The van der Waals surface area contributed by atoms with E-state index in [1.165, 1.54) is 0 Å². The first-order chi connectivity index (χ1) is 12.1. The number of carbonyl (C=O) groups excluding carboxylic acids is 1. The van der Waals surface area contributed by atoms with Gasteiger partial charge in [-0.3, -0.25) is 4.79 Å². The van der Waals surface area contributed by atoms with Crippen LogP contribution in [-0.2, 0) is 0 Å². The molecule has 2 aromatic carbocycles. The van der Waals surface area contributed by atoms with E-state index < -0.39 is 0 Å². The van der Waals surface area contributed by atoms with Gasteiger partial charge in [0.15, 0.2) is 0 Å². The highest BCUT2D eigenvalue weighted by atomic mass is 16.5. The van der Waals surface area contributed by atoms with Crippen LogP contribution >= 0.6 is 0 Å². The third-order valence-electron chi connectivity index (χ3n) is 3.39. The molecule has 0 unspecified atom stereocenters. The molecule has 3 rings (SSSR count). The minimum atomic E-state index is -0.229. The van der Waals surface area contributed by atoms with Crippen molar-refractivity contribution in [2.75, 3.05) is 24.3 Å². The number of anilines is 2. The van der Waals surface area contributed by atoms with Gasteiger partial charge in [0, 0.05) is 19.7 Å². The van der Waals surface area contributed by atoms with Crippen LogP contribution in [0.2, 0.25) is 0 Å². The molecule has 0 aliphatic carbocycles. The van der Waals surface area contributed by atoms with Gasteiger partial charge >= 0.3 is 0 Å². The summed E-state index contributed by atoms with van der Waals surface area (Å²) < 4.78 is 5.71. The maximum Gasteiger partial charge on any atom is 0.255 e. The van der Waals surface area contributed by atoms with Crippen LogP contribution < -0.4 is 15.0 Å². The number of ether oxygens (including phenoxy) is 1. The number of para-hydroxylation sites is 1. The van der Waals surface area contributed by atoms with Crippen molar-refractivity contribution in [3.05, 3.63) is 72.6 Å². The Morgan fingerprint density at radius 2 is 1.52 bits per heavy atom. The summed E-state index contributed by atoms with van der Waals surface area (Å²) >= 11 is 0. The van der Waals surface area contributed by atoms with Gasteiger partial charge in [0.25, 0.3) is 5.91 Å². The van der Waals surface area contributed by atoms with Crippen molar-refractivity contribution in [3.8, 4) is 11.5 Å². The summed E-state index contributed by atoms with van der Waals surface area (Å²) in [6.07, 6.45) is 3.15. The number of amides is 1. The van der Waals surface area contributed by atoms with Crippen LogP contribution in [0.4, 0.5) is 11.6 Å². The maximum atomic E-state index is 12.3. The summed E-state index contributed by atoms with van der Waals surface area (Å²) in [5.41, 5.74) is 1.07. The lowest BCUT2D eigenvalue weighted by atomic mass is 10.2. The molecular weight excluding hydrogens is 316 g/mol. The monoisotopic (exact) mass is 334 g/mol. The number of rotatable bonds is 5. The summed E-state index contributed by atoms with van der Waals surface area (Å²) in [6.45, 7) is 0. The summed E-state index contributed by atoms with van der Waals surface area (Å²) in [7, 11) is 3.71. The van der Waals surface area contributed by atoms with E-state index in [0.29, 0.717) is 22.9 Å². The van der Waals surface area contributed by atoms with Crippen LogP contribution in [0.1, 0.15) is 10.4 Å². The fourth-order valence-corrected chi connectivity index (χ4v) is 2.12. The lowest BCUT2D eigenvalue weighted by Crippen LogP contribution is -2.15. The van der Waals surface area contributed by atoms with Gasteiger partial charge in [0.05, 0.1) is 18.1 Å². The SMILES string of the molecule is CN(C)c1ncc(NC(=O)c2ccc(Oc3ccccc3)cc2)cn1. The molecule has 3 aromatic rings. The lowest BCUT2D eigenvalue weighted by Gasteiger charge is -2.10. The highest BCUT2D eigenvalue weighted by Gasteiger charge is 2.08. The van der Waals surface area contributed by atoms with Gasteiger partial charge < -0.3 is 15.0 Å². The van der Waals surface area contributed by atoms with Gasteiger partial charge in [-0.05, 0) is 36.4 Å². The fraction of sp³-hybridized carbons (Fsp3) is 0.105. The van der Waals surface area contributed by atoms with Gasteiger partial charge in [0.1, 0.15) is 11.5 Å². The Hall–Kier alpha value is -3.41. The number of benzene rings is 2. The molecule has 0 bridgehead atoms. The van der Waals surface area contributed by atoms with Gasteiger partial charge in [-0.1, -0.05) is 18.2 Å². The topological polar surface area (TPSA) is 67.4 Å². The largest absolute Gasteiger partial charge is 0.457 e. The van der Waals surface area contributed by atoms with E-state index in [-0.39, 0.29) is 5.91 Å². The Bertz CT molecular complexity index is 832. The Balaban J connectivity index is 1.64. The average Bonchev–Trinajstić information content (AvgIpc) is 2.63. The smallest absolute Gasteiger partial charge is 0.255 e. The average molecular weight is 334 g/mol. The minimum Gasteiger partial charge on any atom is -0.457 e. The van der Waals surface area contributed by atoms with E-state index in [4.69, 9.17) is 4.74 Å². The molecule has 0 saturated carbocycles. The molecule has 6 nitrogen and oxygen atoms in total. The Labute approximate surface area is 146 Å². The zero-order valence-electron chi connectivity index (χ0n) is 14.0. The maximum absolute atomic E-state index is 12.3. The number of hydrogen-bond donors (Lipinski definition) is 1. The van der Waals surface area contributed by atoms with Crippen molar-refractivity contribution >= 4 is 17.5 Å². The zero-order valence-corrected chi connectivity index (χ0v) is 14.0. The summed E-state index contributed by atoms with van der Waals surface area (Å²) in [5, 5.41) is 2.77. The second-order valence-electron chi connectivity index (χ2n) is 5.56. The summed E-state index contributed by atoms with van der Waals surface area (Å²) in [5.74, 6) is 1.77. The first kappa shape index (κ1) is 16.4. The quantitative estimate of drug-likeness (QED) is 0.772. The summed E-state index contributed by atoms with van der Waals surface area (Å²) in [4.78, 5) is 22.4. The second kappa shape index (κ2) is 7.44. The Morgan fingerprint density at radius 3 is 2.12 bits per heavy atom. The van der Waals surface area contributed by atoms with Crippen molar-refractivity contribution in [2.24, 2.45) is 0 Å². The molecule has 126 valence electrons. The summed E-state index contributed by atoms with van der Waals surface area (Å²) in [6, 6.07) is 16.4. The molecule has 0 saturated heterocycles. The predicted molar refractivity (Wildman–Crippen MR) is 97.3 cm³/mol. The first-order valence-corrected chi connectivity index (χ1v) is 7.75. The number of aromatic nitrogens is 2. The Kier molecular flexibility index (Phi) is 4.89. The highest BCUT2D eigenvalue weighted by Crippen LogP contribution is 2.21. The van der Waals surface area contributed by atoms with Gasteiger partial charge in [0.2, 0.25) is 5.95 Å². The molecule has 0 atom stereocenters. The van der Waals surface area contributed by atoms with Crippen molar-refractivity contribution in [1.29, 1.82) is 0 Å². The van der Waals surface area contributed by atoms with E-state index in [9.17, 15) is 4.79 Å². The number of nitrogens with zero attached hydrogens (tertiary/aromatic N) is 3. The van der Waals surface area contributed by atoms with Crippen LogP contribution in [0.3, 0.4) is 0 Å². The van der Waals surface area contributed by atoms with E-state index in [2.05, 4.69) is 15.3 Å². The molecule has 0 spiro atoms. The number of nitrogens with one attached hydrogen (secondary N) is 1. The van der Waals surface area contributed by atoms with E-state index in [1.807, 2.05) is 44.4 Å². The van der Waals surface area contributed by atoms with Crippen molar-refractivity contribution in [3.63, 3.8) is 0 Å². The van der Waals surface area contributed by atoms with E-state index >= 15 is 0 Å².